The topological polar surface area (TPSA) is 12.0 Å². The van der Waals surface area contributed by atoms with E-state index in [-0.39, 0.29) is 0 Å². The van der Waals surface area contributed by atoms with E-state index in [9.17, 15) is 0 Å². The molecule has 0 aromatic rings. The zero-order chi connectivity index (χ0) is 12.7. The second-order valence-electron chi connectivity index (χ2n) is 5.10. The van der Waals surface area contributed by atoms with E-state index < -0.39 is 0 Å². The van der Waals surface area contributed by atoms with E-state index >= 15 is 0 Å². The van der Waals surface area contributed by atoms with Crippen molar-refractivity contribution in [3.63, 3.8) is 0 Å². The summed E-state index contributed by atoms with van der Waals surface area (Å²) in [5, 5.41) is 3.32. The van der Waals surface area contributed by atoms with Crippen LogP contribution in [0.1, 0.15) is 47.5 Å². The van der Waals surface area contributed by atoms with Crippen LogP contribution in [0.5, 0.6) is 0 Å². The van der Waals surface area contributed by atoms with Crippen molar-refractivity contribution in [2.24, 2.45) is 17.8 Å². The van der Waals surface area contributed by atoms with Crippen molar-refractivity contribution >= 4 is 0 Å². The van der Waals surface area contributed by atoms with Gasteiger partial charge in [0.25, 0.3) is 0 Å². The van der Waals surface area contributed by atoms with Crippen LogP contribution in [0.15, 0.2) is 23.9 Å². The Morgan fingerprint density at radius 1 is 1.25 bits per heavy atom. The average Bonchev–Trinajstić information content (AvgIpc) is 2.24. The molecule has 0 fully saturated rings. The van der Waals surface area contributed by atoms with Crippen LogP contribution in [0.3, 0.4) is 0 Å². The maximum Gasteiger partial charge on any atom is 0.00949 e. The lowest BCUT2D eigenvalue weighted by Gasteiger charge is -2.24. The third-order valence-corrected chi connectivity index (χ3v) is 3.46. The number of allylic oxidation sites excluding steroid dienone is 3. The molecule has 1 heteroatoms. The lowest BCUT2D eigenvalue weighted by Crippen LogP contribution is -2.20. The zero-order valence-corrected chi connectivity index (χ0v) is 11.9. The number of hydrogen-bond acceptors (Lipinski definition) is 1. The smallest absolute Gasteiger partial charge is 0.00949 e. The predicted molar refractivity (Wildman–Crippen MR) is 74.4 cm³/mol. The second-order valence-corrected chi connectivity index (χ2v) is 5.10. The fourth-order valence-electron chi connectivity index (χ4n) is 1.87. The van der Waals surface area contributed by atoms with Gasteiger partial charge in [-0.05, 0) is 30.6 Å². The minimum absolute atomic E-state index is 0.584. The summed E-state index contributed by atoms with van der Waals surface area (Å²) in [4.78, 5) is 0. The molecular formula is C15H29N. The Morgan fingerprint density at radius 2 is 1.81 bits per heavy atom. The van der Waals surface area contributed by atoms with E-state index in [1.165, 1.54) is 11.3 Å². The molecule has 0 radical (unpaired) electrons. The highest BCUT2D eigenvalue weighted by molar-refractivity contribution is 5.07. The molecule has 0 spiro atoms. The van der Waals surface area contributed by atoms with Crippen molar-refractivity contribution in [2.45, 2.75) is 47.5 Å². The molecule has 0 rings (SSSR count). The molecule has 1 N–H and O–H groups in total. The quantitative estimate of drug-likeness (QED) is 0.632. The van der Waals surface area contributed by atoms with Crippen LogP contribution in [-0.4, -0.2) is 7.05 Å². The van der Waals surface area contributed by atoms with Crippen LogP contribution >= 0.6 is 0 Å². The van der Waals surface area contributed by atoms with Gasteiger partial charge in [-0.25, -0.2) is 0 Å². The van der Waals surface area contributed by atoms with Crippen LogP contribution in [0.25, 0.3) is 0 Å². The second kappa shape index (κ2) is 7.54. The Kier molecular flexibility index (Phi) is 7.20. The summed E-state index contributed by atoms with van der Waals surface area (Å²) < 4.78 is 0. The van der Waals surface area contributed by atoms with Gasteiger partial charge >= 0.3 is 0 Å². The molecule has 0 saturated carbocycles. The van der Waals surface area contributed by atoms with Crippen molar-refractivity contribution in [3.8, 4) is 0 Å². The largest absolute Gasteiger partial charge is 0.391 e. The molecule has 0 aromatic carbocycles. The third-order valence-electron chi connectivity index (χ3n) is 3.46. The standard InChI is InChI=1S/C15H29N/c1-8-9-15(16-7)14(6)13(5)10-12(4)11(2)3/h9,11,13-14,16H,4,8,10H2,1-3,5-7H3/b15-9-. The number of hydrogen-bond donors (Lipinski definition) is 1. The van der Waals surface area contributed by atoms with Gasteiger partial charge in [-0.15, -0.1) is 0 Å². The van der Waals surface area contributed by atoms with Crippen molar-refractivity contribution in [3.05, 3.63) is 23.9 Å². The third kappa shape index (κ3) is 4.87. The van der Waals surface area contributed by atoms with E-state index in [4.69, 9.17) is 0 Å². The van der Waals surface area contributed by atoms with Crippen LogP contribution in [0.4, 0.5) is 0 Å². The Balaban J connectivity index is 4.42. The maximum absolute atomic E-state index is 4.17. The van der Waals surface area contributed by atoms with Gasteiger partial charge in [-0.3, -0.25) is 0 Å². The summed E-state index contributed by atoms with van der Waals surface area (Å²) >= 11 is 0. The molecule has 0 heterocycles. The van der Waals surface area contributed by atoms with Gasteiger partial charge in [0.05, 0.1) is 0 Å². The molecular weight excluding hydrogens is 194 g/mol. The lowest BCUT2D eigenvalue weighted by molar-refractivity contribution is 0.409. The monoisotopic (exact) mass is 223 g/mol. The van der Waals surface area contributed by atoms with Crippen LogP contribution in [-0.2, 0) is 0 Å². The molecule has 94 valence electrons. The Bertz CT molecular complexity index is 238. The summed E-state index contributed by atoms with van der Waals surface area (Å²) in [6.07, 6.45) is 4.51. The van der Waals surface area contributed by atoms with E-state index in [0.29, 0.717) is 17.8 Å². The van der Waals surface area contributed by atoms with Gasteiger partial charge in [0.2, 0.25) is 0 Å². The van der Waals surface area contributed by atoms with Gasteiger partial charge in [0.15, 0.2) is 0 Å². The van der Waals surface area contributed by atoms with Gasteiger partial charge < -0.3 is 5.32 Å². The minimum atomic E-state index is 0.584. The highest BCUT2D eigenvalue weighted by Crippen LogP contribution is 2.26. The van der Waals surface area contributed by atoms with Gasteiger partial charge in [-0.2, -0.15) is 0 Å². The minimum Gasteiger partial charge on any atom is -0.391 e. The van der Waals surface area contributed by atoms with E-state index in [1.807, 2.05) is 7.05 Å². The van der Waals surface area contributed by atoms with Crippen LogP contribution in [0.2, 0.25) is 0 Å². The molecule has 0 saturated heterocycles. The molecule has 16 heavy (non-hydrogen) atoms. The molecule has 0 amide bonds. The Labute approximate surface area is 102 Å². The first kappa shape index (κ1) is 15.3. The molecule has 2 atom stereocenters. The summed E-state index contributed by atoms with van der Waals surface area (Å²) in [6, 6.07) is 0. The lowest BCUT2D eigenvalue weighted by atomic mass is 9.84. The molecule has 0 aliphatic rings. The van der Waals surface area contributed by atoms with Gasteiger partial charge in [0.1, 0.15) is 0 Å². The van der Waals surface area contributed by atoms with Crippen molar-refractivity contribution in [1.29, 1.82) is 0 Å². The highest BCUT2D eigenvalue weighted by Gasteiger charge is 2.17. The van der Waals surface area contributed by atoms with Crippen LogP contribution in [0, 0.1) is 17.8 Å². The molecule has 0 aliphatic heterocycles. The molecule has 0 bridgehead atoms. The van der Waals surface area contributed by atoms with Crippen molar-refractivity contribution in [2.75, 3.05) is 7.05 Å². The first-order valence-electron chi connectivity index (χ1n) is 6.49. The normalized spacial score (nSPS) is 16.1. The average molecular weight is 223 g/mol. The maximum atomic E-state index is 4.17. The van der Waals surface area contributed by atoms with Crippen molar-refractivity contribution < 1.29 is 0 Å². The fraction of sp³-hybridized carbons (Fsp3) is 0.733. The van der Waals surface area contributed by atoms with Crippen molar-refractivity contribution in [1.82, 2.24) is 5.32 Å². The SMILES string of the molecule is C=C(CC(C)C(C)/C(=C/CC)NC)C(C)C. The number of rotatable bonds is 7. The van der Waals surface area contributed by atoms with E-state index in [1.54, 1.807) is 0 Å². The van der Waals surface area contributed by atoms with E-state index in [2.05, 4.69) is 52.6 Å². The molecule has 0 aromatic heterocycles. The number of nitrogens with one attached hydrogen (secondary N) is 1. The summed E-state index contributed by atoms with van der Waals surface area (Å²) in [6.45, 7) is 15.4. The first-order valence-corrected chi connectivity index (χ1v) is 6.49. The fourth-order valence-corrected chi connectivity index (χ4v) is 1.87. The van der Waals surface area contributed by atoms with Gasteiger partial charge in [-0.1, -0.05) is 52.8 Å². The Hall–Kier alpha value is -0.720. The van der Waals surface area contributed by atoms with E-state index in [0.717, 1.165) is 12.8 Å². The summed E-state index contributed by atoms with van der Waals surface area (Å²) in [5.74, 6) is 1.84. The molecule has 1 nitrogen and oxygen atoms in total. The Morgan fingerprint density at radius 3 is 2.19 bits per heavy atom. The highest BCUT2D eigenvalue weighted by atomic mass is 14.8. The molecule has 0 aliphatic carbocycles. The van der Waals surface area contributed by atoms with Gasteiger partial charge in [0, 0.05) is 12.7 Å². The summed E-state index contributed by atoms with van der Waals surface area (Å²) in [7, 11) is 2.02. The molecule has 2 unspecified atom stereocenters. The summed E-state index contributed by atoms with van der Waals surface area (Å²) in [5.41, 5.74) is 2.73. The van der Waals surface area contributed by atoms with Crippen LogP contribution < -0.4 is 5.32 Å². The zero-order valence-electron chi connectivity index (χ0n) is 11.9. The predicted octanol–water partition coefficient (Wildman–Crippen LogP) is 4.37. The first-order chi connectivity index (χ1) is 7.43.